The third kappa shape index (κ3) is 5.28. The van der Waals surface area contributed by atoms with E-state index in [0.29, 0.717) is 58.2 Å². The lowest BCUT2D eigenvalue weighted by atomic mass is 10.0. The van der Waals surface area contributed by atoms with Crippen LogP contribution in [-0.2, 0) is 4.79 Å². The van der Waals surface area contributed by atoms with Gasteiger partial charge in [0, 0.05) is 35.8 Å². The quantitative estimate of drug-likeness (QED) is 0.407. The van der Waals surface area contributed by atoms with Crippen molar-refractivity contribution >= 4 is 22.8 Å². The number of H-pyrrole nitrogens is 1. The Kier molecular flexibility index (Phi) is 6.83. The van der Waals surface area contributed by atoms with Gasteiger partial charge in [-0.05, 0) is 62.6 Å². The molecule has 2 heterocycles. The number of rotatable bonds is 8. The number of carbonyl (C=O) groups excluding carboxylic acids is 2. The van der Waals surface area contributed by atoms with Crippen LogP contribution in [0.15, 0.2) is 24.5 Å². The van der Waals surface area contributed by atoms with E-state index >= 15 is 0 Å². The highest BCUT2D eigenvalue weighted by atomic mass is 19.3. The van der Waals surface area contributed by atoms with E-state index in [4.69, 9.17) is 4.74 Å². The van der Waals surface area contributed by atoms with Gasteiger partial charge in [0.05, 0.1) is 17.7 Å². The van der Waals surface area contributed by atoms with E-state index < -0.39 is 6.43 Å². The maximum Gasteiger partial charge on any atom is 0.263 e. The molecule has 0 spiro atoms. The van der Waals surface area contributed by atoms with Crippen LogP contribution in [0.5, 0.6) is 5.75 Å². The van der Waals surface area contributed by atoms with Crippen LogP contribution >= 0.6 is 0 Å². The molecule has 10 heteroatoms. The van der Waals surface area contributed by atoms with Gasteiger partial charge >= 0.3 is 0 Å². The van der Waals surface area contributed by atoms with E-state index in [0.717, 1.165) is 19.3 Å². The van der Waals surface area contributed by atoms with Crippen molar-refractivity contribution < 1.29 is 23.1 Å². The summed E-state index contributed by atoms with van der Waals surface area (Å²) in [6.07, 6.45) is 2.33. The molecular formula is C27H31F2N5O3. The lowest BCUT2D eigenvalue weighted by Gasteiger charge is -2.17. The molecule has 37 heavy (non-hydrogen) atoms. The minimum Gasteiger partial charge on any atom is -0.493 e. The number of aromatic nitrogens is 3. The summed E-state index contributed by atoms with van der Waals surface area (Å²) in [5.41, 5.74) is 2.60. The molecule has 5 rings (SSSR count). The highest BCUT2D eigenvalue weighted by molar-refractivity contribution is 6.09. The number of fused-ring (bicyclic) bond motifs is 1. The Bertz CT molecular complexity index is 1340. The first-order valence-corrected chi connectivity index (χ1v) is 12.7. The zero-order chi connectivity index (χ0) is 26.3. The fraction of sp³-hybridized carbons (Fsp3) is 0.481. The van der Waals surface area contributed by atoms with Crippen LogP contribution in [0.3, 0.4) is 0 Å². The Hall–Kier alpha value is -3.56. The van der Waals surface area contributed by atoms with Crippen molar-refractivity contribution in [3.63, 3.8) is 0 Å². The van der Waals surface area contributed by atoms with Crippen molar-refractivity contribution in [2.75, 3.05) is 6.61 Å². The normalized spacial score (nSPS) is 21.4. The predicted molar refractivity (Wildman–Crippen MR) is 134 cm³/mol. The number of hydrogen-bond donors (Lipinski definition) is 3. The Morgan fingerprint density at radius 2 is 1.97 bits per heavy atom. The highest BCUT2D eigenvalue weighted by Crippen LogP contribution is 2.38. The molecular weight excluding hydrogens is 480 g/mol. The second-order valence-electron chi connectivity index (χ2n) is 10.3. The Morgan fingerprint density at radius 3 is 2.68 bits per heavy atom. The fourth-order valence-electron chi connectivity index (χ4n) is 5.18. The van der Waals surface area contributed by atoms with Gasteiger partial charge in [-0.3, -0.25) is 9.59 Å². The topological polar surface area (TPSA) is 109 Å². The molecule has 2 fully saturated rings. The minimum absolute atomic E-state index is 0.0203. The van der Waals surface area contributed by atoms with E-state index in [2.05, 4.69) is 25.6 Å². The molecule has 3 aromatic rings. The van der Waals surface area contributed by atoms with Gasteiger partial charge < -0.3 is 20.4 Å². The number of nitrogens with one attached hydrogen (secondary N) is 3. The van der Waals surface area contributed by atoms with Crippen molar-refractivity contribution in [1.82, 2.24) is 25.6 Å². The maximum atomic E-state index is 13.6. The minimum atomic E-state index is -2.64. The predicted octanol–water partition coefficient (Wildman–Crippen LogP) is 4.69. The zero-order valence-electron chi connectivity index (χ0n) is 21.1. The summed E-state index contributed by atoms with van der Waals surface area (Å²) < 4.78 is 33.1. The Morgan fingerprint density at radius 1 is 1.19 bits per heavy atom. The smallest absolute Gasteiger partial charge is 0.263 e. The Balaban J connectivity index is 1.47. The largest absolute Gasteiger partial charge is 0.493 e. The molecule has 3 N–H and O–H groups in total. The SMILES string of the molecule is CC(=O)NC1CC(C)C(NC(=O)c2c(C)[nH]c3c(-c4cc(C(F)F)ccc4OCC4CC4)ncnc23)C1. The summed E-state index contributed by atoms with van der Waals surface area (Å²) >= 11 is 0. The van der Waals surface area contributed by atoms with Crippen molar-refractivity contribution in [3.8, 4) is 17.0 Å². The van der Waals surface area contributed by atoms with Crippen LogP contribution in [0.25, 0.3) is 22.3 Å². The molecule has 2 aliphatic rings. The molecule has 2 amide bonds. The molecule has 8 nitrogen and oxygen atoms in total. The summed E-state index contributed by atoms with van der Waals surface area (Å²) in [6, 6.07) is 4.24. The molecule has 0 saturated heterocycles. The number of halogens is 2. The third-order valence-electron chi connectivity index (χ3n) is 7.29. The number of nitrogens with zero attached hydrogens (tertiary/aromatic N) is 2. The second kappa shape index (κ2) is 10.1. The number of amides is 2. The van der Waals surface area contributed by atoms with Crippen LogP contribution in [-0.4, -0.2) is 45.5 Å². The lowest BCUT2D eigenvalue weighted by Crippen LogP contribution is -2.38. The molecule has 0 radical (unpaired) electrons. The van der Waals surface area contributed by atoms with Crippen LogP contribution in [0.1, 0.15) is 67.6 Å². The van der Waals surface area contributed by atoms with Gasteiger partial charge in [-0.15, -0.1) is 0 Å². The molecule has 196 valence electrons. The Labute approximate surface area is 213 Å². The molecule has 2 aromatic heterocycles. The number of hydrogen-bond acceptors (Lipinski definition) is 5. The third-order valence-corrected chi connectivity index (χ3v) is 7.29. The van der Waals surface area contributed by atoms with Gasteiger partial charge in [-0.25, -0.2) is 18.7 Å². The van der Waals surface area contributed by atoms with E-state index in [1.54, 1.807) is 13.0 Å². The number of carbonyl (C=O) groups is 2. The van der Waals surface area contributed by atoms with Gasteiger partial charge in [0.25, 0.3) is 12.3 Å². The first-order chi connectivity index (χ1) is 17.7. The number of aryl methyl sites for hydroxylation is 1. The van der Waals surface area contributed by atoms with Gasteiger partial charge in [-0.2, -0.15) is 0 Å². The lowest BCUT2D eigenvalue weighted by molar-refractivity contribution is -0.119. The maximum absolute atomic E-state index is 13.6. The van der Waals surface area contributed by atoms with Crippen molar-refractivity contribution in [1.29, 1.82) is 0 Å². The molecule has 0 bridgehead atoms. The van der Waals surface area contributed by atoms with E-state index in [-0.39, 0.29) is 35.4 Å². The number of ether oxygens (including phenoxy) is 1. The van der Waals surface area contributed by atoms with Crippen LogP contribution in [0, 0.1) is 18.8 Å². The standard InChI is InChI=1S/C27H31F2N5O3/c1-13-8-18(33-15(3)35)10-20(13)34-27(36)22-14(2)32-25-23(30-12-31-24(22)25)19-9-17(26(28)29)6-7-21(19)37-11-16-4-5-16/h6-7,9,12-13,16,18,20,26,32H,4-5,8,10-11H2,1-3H3,(H,33,35)(H,34,36). The number of benzene rings is 1. The van der Waals surface area contributed by atoms with Gasteiger partial charge in [-0.1, -0.05) is 6.92 Å². The molecule has 0 aliphatic heterocycles. The summed E-state index contributed by atoms with van der Waals surface area (Å²) in [7, 11) is 0. The van der Waals surface area contributed by atoms with Crippen LogP contribution < -0.4 is 15.4 Å². The van der Waals surface area contributed by atoms with Crippen molar-refractivity contribution in [2.24, 2.45) is 11.8 Å². The first-order valence-electron chi connectivity index (χ1n) is 12.7. The van der Waals surface area contributed by atoms with Crippen molar-refractivity contribution in [3.05, 3.63) is 41.3 Å². The molecule has 2 aliphatic carbocycles. The number of aromatic amines is 1. The van der Waals surface area contributed by atoms with E-state index in [1.165, 1.54) is 25.4 Å². The molecule has 2 saturated carbocycles. The molecule has 3 unspecified atom stereocenters. The average molecular weight is 512 g/mol. The van der Waals surface area contributed by atoms with Gasteiger partial charge in [0.15, 0.2) is 0 Å². The van der Waals surface area contributed by atoms with Crippen molar-refractivity contribution in [2.45, 2.75) is 65.0 Å². The zero-order valence-corrected chi connectivity index (χ0v) is 21.1. The number of alkyl halides is 2. The van der Waals surface area contributed by atoms with Crippen LogP contribution in [0.2, 0.25) is 0 Å². The van der Waals surface area contributed by atoms with E-state index in [9.17, 15) is 18.4 Å². The fourth-order valence-corrected chi connectivity index (χ4v) is 5.18. The summed E-state index contributed by atoms with van der Waals surface area (Å²) in [6.45, 7) is 5.83. The van der Waals surface area contributed by atoms with E-state index in [1.807, 2.05) is 6.92 Å². The van der Waals surface area contributed by atoms with Gasteiger partial charge in [0.2, 0.25) is 5.91 Å². The summed E-state index contributed by atoms with van der Waals surface area (Å²) in [5, 5.41) is 6.04. The summed E-state index contributed by atoms with van der Waals surface area (Å²) in [4.78, 5) is 36.9. The van der Waals surface area contributed by atoms with Gasteiger partial charge in [0.1, 0.15) is 23.3 Å². The second-order valence-corrected chi connectivity index (χ2v) is 10.3. The molecule has 1 aromatic carbocycles. The monoisotopic (exact) mass is 511 g/mol. The summed E-state index contributed by atoms with van der Waals surface area (Å²) in [5.74, 6) is 0.787. The van der Waals surface area contributed by atoms with Crippen LogP contribution in [0.4, 0.5) is 8.78 Å². The highest BCUT2D eigenvalue weighted by Gasteiger charge is 2.34. The average Bonchev–Trinajstić information content (AvgIpc) is 3.52. The molecule has 3 atom stereocenters. The first kappa shape index (κ1) is 25.1.